The number of carbonyl (C=O) groups excluding carboxylic acids is 4. The fourth-order valence-corrected chi connectivity index (χ4v) is 13.7. The van der Waals surface area contributed by atoms with E-state index in [1.165, 1.54) is 385 Å². The van der Waals surface area contributed by atoms with Crippen LogP contribution in [-0.4, -0.2) is 121 Å². The Bertz CT molecular complexity index is 1590. The molecule has 0 fully saturated rings. The summed E-state index contributed by atoms with van der Waals surface area (Å²) in [5.41, 5.74) is 0. The molecule has 0 aliphatic rings. The van der Waals surface area contributed by atoms with Crippen LogP contribution in [0.1, 0.15) is 505 Å². The van der Waals surface area contributed by atoms with E-state index in [-0.39, 0.29) is 100 Å². The zero-order chi connectivity index (χ0) is 79.4. The van der Waals surface area contributed by atoms with E-state index in [1.54, 1.807) is 0 Å². The van der Waals surface area contributed by atoms with Crippen molar-refractivity contribution in [2.45, 2.75) is 505 Å². The van der Waals surface area contributed by atoms with Crippen molar-refractivity contribution in [3.05, 3.63) is 48.6 Å². The molecule has 15 heteroatoms. The number of carbonyl (C=O) groups is 4. The van der Waals surface area contributed by atoms with Crippen molar-refractivity contribution in [3.63, 3.8) is 0 Å². The van der Waals surface area contributed by atoms with Gasteiger partial charge in [-0.1, -0.05) is 425 Å². The molecule has 0 N–H and O–H groups in total. The van der Waals surface area contributed by atoms with Crippen LogP contribution in [-0.2, 0) is 88.6 Å². The molecule has 668 valence electrons. The van der Waals surface area contributed by atoms with Crippen molar-refractivity contribution in [1.29, 1.82) is 0 Å². The Labute approximate surface area is 769 Å². The molecule has 0 aromatic rings. The summed E-state index contributed by atoms with van der Waals surface area (Å²) in [6, 6.07) is 0. The van der Waals surface area contributed by atoms with Crippen molar-refractivity contribution in [3.8, 4) is 0 Å². The van der Waals surface area contributed by atoms with Crippen molar-refractivity contribution in [1.82, 2.24) is 0 Å². The Hall–Kier alpha value is 0.187. The second kappa shape index (κ2) is 128. The molecule has 0 saturated heterocycles. The first-order chi connectivity index (χ1) is 53.2. The van der Waals surface area contributed by atoms with Crippen LogP contribution in [0, 0.1) is 0 Å². The summed E-state index contributed by atoms with van der Waals surface area (Å²) >= 11 is 19.0. The Morgan fingerprint density at radius 3 is 0.407 bits per heavy atom. The minimum absolute atomic E-state index is 0. The van der Waals surface area contributed by atoms with Gasteiger partial charge in [0.1, 0.15) is 0 Å². The van der Waals surface area contributed by atoms with Crippen molar-refractivity contribution in [2.24, 2.45) is 0 Å². The minimum atomic E-state index is -0.0797. The third kappa shape index (κ3) is 136. The first-order valence-corrected chi connectivity index (χ1v) is 49.1. The summed E-state index contributed by atoms with van der Waals surface area (Å²) in [5, 5.41) is 0. The van der Waals surface area contributed by atoms with Gasteiger partial charge in [-0.3, -0.25) is 19.2 Å². The maximum atomic E-state index is 11.3. The molecule has 0 rings (SSSR count). The van der Waals surface area contributed by atoms with Gasteiger partial charge in [-0.05, 0) is 103 Å². The van der Waals surface area contributed by atoms with Crippen molar-refractivity contribution < 1.29 is 38.1 Å². The molecule has 0 saturated carbocycles. The van der Waals surface area contributed by atoms with Gasteiger partial charge < -0.3 is 69.5 Å². The van der Waals surface area contributed by atoms with Crippen LogP contribution in [0.2, 0.25) is 0 Å². The van der Waals surface area contributed by atoms with Gasteiger partial charge in [0.25, 0.3) is 0 Å². The molecular formula is C98H190O8S5Sn2. The number of hydrogen-bond donors (Lipinski definition) is 0. The van der Waals surface area contributed by atoms with Crippen molar-refractivity contribution in [2.75, 3.05) is 49.4 Å². The maximum Gasteiger partial charge on any atom is 2.00 e. The number of esters is 4. The van der Waals surface area contributed by atoms with Gasteiger partial charge in [-0.2, -0.15) is 13.5 Å². The molecule has 0 aromatic heterocycles. The monoisotopic (exact) mass is 1900 g/mol. The fourth-order valence-electron chi connectivity index (χ4n) is 13.4. The van der Waals surface area contributed by atoms with Gasteiger partial charge in [0.05, 0.1) is 26.4 Å². The molecule has 0 aliphatic carbocycles. The molecule has 0 spiro atoms. The van der Waals surface area contributed by atoms with Gasteiger partial charge >= 0.3 is 71.7 Å². The molecule has 4 radical (unpaired) electrons. The Morgan fingerprint density at radius 2 is 0.301 bits per heavy atom. The van der Waals surface area contributed by atoms with E-state index >= 15 is 0 Å². The second-order valence-electron chi connectivity index (χ2n) is 30.6. The molecule has 0 amide bonds. The summed E-state index contributed by atoms with van der Waals surface area (Å²) in [6.07, 6.45) is 111. The Kier molecular flexibility index (Phi) is 148. The first-order valence-electron chi connectivity index (χ1n) is 46.8. The van der Waals surface area contributed by atoms with E-state index in [9.17, 15) is 19.2 Å². The van der Waals surface area contributed by atoms with E-state index in [0.717, 1.165) is 51.4 Å². The van der Waals surface area contributed by atoms with Gasteiger partial charge in [0.2, 0.25) is 0 Å². The smallest absolute Gasteiger partial charge is 0.789 e. The Balaban J connectivity index is -0.000000180. The van der Waals surface area contributed by atoms with E-state index in [0.29, 0.717) is 75.1 Å². The maximum absolute atomic E-state index is 11.3. The zero-order valence-corrected chi connectivity index (χ0v) is 83.6. The van der Waals surface area contributed by atoms with Crippen molar-refractivity contribution >= 4 is 136 Å². The van der Waals surface area contributed by atoms with E-state index in [1.807, 2.05) is 0 Å². The predicted molar refractivity (Wildman–Crippen MR) is 520 cm³/mol. The molecule has 8 nitrogen and oxygen atoms in total. The molecule has 0 bridgehead atoms. The van der Waals surface area contributed by atoms with Gasteiger partial charge in [-0.15, -0.1) is 23.0 Å². The zero-order valence-electron chi connectivity index (χ0n) is 73.6. The minimum Gasteiger partial charge on any atom is -0.789 e. The van der Waals surface area contributed by atoms with E-state index < -0.39 is 0 Å². The number of hydrogen-bond acceptors (Lipinski definition) is 12. The largest absolute Gasteiger partial charge is 2.00 e. The molecular weight excluding hydrogens is 1700 g/mol. The quantitative estimate of drug-likeness (QED) is 0.0145. The SMILES string of the molecule is C.C.CC/C=C/CCCCCCCCCCCCCCCCCC(=O)OCC[S-].CC/C=C/CCCCCCCCCCCCCCCCCC(=O)OCC[S-].CC/C=C/CCCCCCCCCCCCCCCCCC(=O)OCC[S-].CC/C=C/CCCCCCCCCCCCCCCCCC(=O)OCC[S-].S.[Sn+2].[Sn+2]. The second-order valence-corrected chi connectivity index (χ2v) is 32.2. The van der Waals surface area contributed by atoms with Gasteiger partial charge in [-0.25, -0.2) is 0 Å². The summed E-state index contributed by atoms with van der Waals surface area (Å²) < 4.78 is 19.9. The molecule has 0 heterocycles. The van der Waals surface area contributed by atoms with Crippen LogP contribution in [0.15, 0.2) is 48.6 Å². The van der Waals surface area contributed by atoms with Crippen LogP contribution in [0.5, 0.6) is 0 Å². The van der Waals surface area contributed by atoms with Crippen LogP contribution in [0.25, 0.3) is 0 Å². The van der Waals surface area contributed by atoms with Crippen LogP contribution in [0.4, 0.5) is 0 Å². The number of rotatable bonds is 84. The fraction of sp³-hybridized carbons (Fsp3) is 0.878. The molecule has 0 aliphatic heterocycles. The van der Waals surface area contributed by atoms with Crippen LogP contribution >= 0.6 is 13.5 Å². The molecule has 0 unspecified atom stereocenters. The van der Waals surface area contributed by atoms with E-state index in [4.69, 9.17) is 69.5 Å². The van der Waals surface area contributed by atoms with Gasteiger partial charge in [0, 0.05) is 25.7 Å². The number of unbranched alkanes of at least 4 members (excludes halogenated alkanes) is 60. The first kappa shape index (κ1) is 131. The third-order valence-electron chi connectivity index (χ3n) is 20.0. The molecule has 0 atom stereocenters. The molecule has 0 aromatic carbocycles. The van der Waals surface area contributed by atoms with Crippen LogP contribution < -0.4 is 0 Å². The summed E-state index contributed by atoms with van der Waals surface area (Å²) in [6.45, 7) is 10.4. The van der Waals surface area contributed by atoms with Crippen LogP contribution in [0.3, 0.4) is 0 Å². The predicted octanol–water partition coefficient (Wildman–Crippen LogP) is 31.3. The standard InChI is InChI=1S/4C24H46O2S.2CH4.H2S.2Sn/c4*1-2-3-4-5-6-7-8-9-10-11-12-13-14-15-16-17-18-19-20-21-24(25)26-22-23-27;;;;;/h4*3-4,27H,2,5-23H2,1H3;2*1H4;1H2;;/q;;;;;;;2*+2/p-4/b4*4-3+;;;;;. The van der Waals surface area contributed by atoms with Gasteiger partial charge in [0.15, 0.2) is 0 Å². The van der Waals surface area contributed by atoms with E-state index in [2.05, 4.69) is 76.3 Å². The number of allylic oxidation sites excluding steroid dienone is 8. The summed E-state index contributed by atoms with van der Waals surface area (Å²) in [7, 11) is 0. The summed E-state index contributed by atoms with van der Waals surface area (Å²) in [5.74, 6) is 1.69. The number of ether oxygens (including phenoxy) is 4. The Morgan fingerprint density at radius 1 is 0.195 bits per heavy atom. The molecule has 113 heavy (non-hydrogen) atoms. The topological polar surface area (TPSA) is 105 Å². The average Bonchev–Trinajstić information content (AvgIpc) is 1.34. The third-order valence-corrected chi connectivity index (χ3v) is 20.7. The normalized spacial score (nSPS) is 10.8. The summed E-state index contributed by atoms with van der Waals surface area (Å²) in [4.78, 5) is 45.3. The average molecular weight is 1890 g/mol.